The normalized spacial score (nSPS) is 12.2. The van der Waals surface area contributed by atoms with Gasteiger partial charge in [0.2, 0.25) is 0 Å². The maximum atomic E-state index is 10.9. The molecule has 0 fully saturated rings. The molecule has 0 aliphatic rings. The second-order valence-corrected chi connectivity index (χ2v) is 3.04. The van der Waals surface area contributed by atoms with Gasteiger partial charge in [0.05, 0.1) is 19.6 Å². The van der Waals surface area contributed by atoms with Crippen molar-refractivity contribution in [2.75, 3.05) is 7.11 Å². The fourth-order valence-electron chi connectivity index (χ4n) is 0.998. The SMILES string of the molecule is COC(=O)C[C@@H](O)c1cccnc1Cl. The van der Waals surface area contributed by atoms with Crippen LogP contribution in [0.4, 0.5) is 0 Å². The van der Waals surface area contributed by atoms with E-state index in [4.69, 9.17) is 11.6 Å². The highest BCUT2D eigenvalue weighted by Gasteiger charge is 2.16. The van der Waals surface area contributed by atoms with Gasteiger partial charge >= 0.3 is 5.97 Å². The van der Waals surface area contributed by atoms with Crippen LogP contribution < -0.4 is 0 Å². The Hall–Kier alpha value is -1.13. The fraction of sp³-hybridized carbons (Fsp3) is 0.333. The van der Waals surface area contributed by atoms with Crippen LogP contribution in [0, 0.1) is 0 Å². The molecule has 0 saturated carbocycles. The van der Waals surface area contributed by atoms with Crippen molar-refractivity contribution in [3.63, 3.8) is 0 Å². The minimum Gasteiger partial charge on any atom is -0.469 e. The van der Waals surface area contributed by atoms with Gasteiger partial charge in [-0.2, -0.15) is 0 Å². The van der Waals surface area contributed by atoms with Gasteiger partial charge in [-0.25, -0.2) is 4.98 Å². The van der Waals surface area contributed by atoms with Gasteiger partial charge in [0.1, 0.15) is 5.15 Å². The number of nitrogens with zero attached hydrogens (tertiary/aromatic N) is 1. The molecule has 76 valence electrons. The van der Waals surface area contributed by atoms with Crippen LogP contribution in [0.2, 0.25) is 5.15 Å². The van der Waals surface area contributed by atoms with E-state index in [1.807, 2.05) is 0 Å². The Bertz CT molecular complexity index is 330. The molecular formula is C9H10ClNO3. The molecule has 0 bridgehead atoms. The number of hydrogen-bond donors (Lipinski definition) is 1. The van der Waals surface area contributed by atoms with Crippen molar-refractivity contribution >= 4 is 17.6 Å². The lowest BCUT2D eigenvalue weighted by molar-refractivity contribution is -0.142. The number of esters is 1. The van der Waals surface area contributed by atoms with Crippen molar-refractivity contribution in [3.05, 3.63) is 29.0 Å². The molecule has 1 heterocycles. The molecule has 0 amide bonds. The second kappa shape index (κ2) is 4.93. The van der Waals surface area contributed by atoms with Gasteiger partial charge < -0.3 is 9.84 Å². The van der Waals surface area contributed by atoms with E-state index in [1.165, 1.54) is 13.3 Å². The molecule has 1 aromatic rings. The number of methoxy groups -OCH3 is 1. The van der Waals surface area contributed by atoms with E-state index < -0.39 is 12.1 Å². The minimum atomic E-state index is -0.969. The molecule has 14 heavy (non-hydrogen) atoms. The number of rotatable bonds is 3. The van der Waals surface area contributed by atoms with Crippen LogP contribution in [0.15, 0.2) is 18.3 Å². The maximum Gasteiger partial charge on any atom is 0.308 e. The van der Waals surface area contributed by atoms with E-state index >= 15 is 0 Å². The fourth-order valence-corrected chi connectivity index (χ4v) is 1.24. The number of carbonyl (C=O) groups is 1. The smallest absolute Gasteiger partial charge is 0.308 e. The highest BCUT2D eigenvalue weighted by atomic mass is 35.5. The summed E-state index contributed by atoms with van der Waals surface area (Å²) in [5.41, 5.74) is 0.430. The number of pyridine rings is 1. The highest BCUT2D eigenvalue weighted by Crippen LogP contribution is 2.22. The molecule has 0 aliphatic heterocycles. The Morgan fingerprint density at radius 3 is 3.07 bits per heavy atom. The second-order valence-electron chi connectivity index (χ2n) is 2.68. The molecule has 1 rings (SSSR count). The lowest BCUT2D eigenvalue weighted by Gasteiger charge is -2.09. The van der Waals surface area contributed by atoms with E-state index in [2.05, 4.69) is 9.72 Å². The molecule has 0 saturated heterocycles. The van der Waals surface area contributed by atoms with Gasteiger partial charge in [-0.05, 0) is 6.07 Å². The first-order chi connectivity index (χ1) is 6.65. The van der Waals surface area contributed by atoms with Crippen molar-refractivity contribution in [2.45, 2.75) is 12.5 Å². The van der Waals surface area contributed by atoms with Gasteiger partial charge in [0, 0.05) is 11.8 Å². The van der Waals surface area contributed by atoms with E-state index in [0.717, 1.165) is 0 Å². The molecular weight excluding hydrogens is 206 g/mol. The number of aliphatic hydroxyl groups excluding tert-OH is 1. The first-order valence-corrected chi connectivity index (χ1v) is 4.38. The number of halogens is 1. The Kier molecular flexibility index (Phi) is 3.85. The third-order valence-corrected chi connectivity index (χ3v) is 2.05. The Morgan fingerprint density at radius 2 is 2.50 bits per heavy atom. The van der Waals surface area contributed by atoms with Gasteiger partial charge in [0.25, 0.3) is 0 Å². The lowest BCUT2D eigenvalue weighted by atomic mass is 10.1. The largest absolute Gasteiger partial charge is 0.469 e. The predicted molar refractivity (Wildman–Crippen MR) is 50.8 cm³/mol. The molecule has 5 heteroatoms. The summed E-state index contributed by atoms with van der Waals surface area (Å²) in [6.07, 6.45) is 0.419. The molecule has 0 spiro atoms. The molecule has 4 nitrogen and oxygen atoms in total. The first-order valence-electron chi connectivity index (χ1n) is 4.00. The van der Waals surface area contributed by atoms with Crippen LogP contribution >= 0.6 is 11.6 Å². The van der Waals surface area contributed by atoms with Crippen LogP contribution in [-0.4, -0.2) is 23.2 Å². The number of aliphatic hydroxyl groups is 1. The summed E-state index contributed by atoms with van der Waals surface area (Å²) in [6.45, 7) is 0. The summed E-state index contributed by atoms with van der Waals surface area (Å²) in [6, 6.07) is 3.25. The summed E-state index contributed by atoms with van der Waals surface area (Å²) in [7, 11) is 1.26. The van der Waals surface area contributed by atoms with Crippen molar-refractivity contribution in [1.82, 2.24) is 4.98 Å². The van der Waals surface area contributed by atoms with Crippen LogP contribution in [0.5, 0.6) is 0 Å². The molecule has 0 unspecified atom stereocenters. The Balaban J connectivity index is 2.74. The topological polar surface area (TPSA) is 59.4 Å². The van der Waals surface area contributed by atoms with Crippen LogP contribution in [-0.2, 0) is 9.53 Å². The van der Waals surface area contributed by atoms with Crippen molar-refractivity contribution in [1.29, 1.82) is 0 Å². The molecule has 1 aromatic heterocycles. The average molecular weight is 216 g/mol. The molecule has 1 atom stereocenters. The van der Waals surface area contributed by atoms with Gasteiger partial charge in [-0.3, -0.25) is 4.79 Å². The van der Waals surface area contributed by atoms with E-state index in [0.29, 0.717) is 5.56 Å². The van der Waals surface area contributed by atoms with Gasteiger partial charge in [-0.1, -0.05) is 17.7 Å². The standard InChI is InChI=1S/C9H10ClNO3/c1-14-8(13)5-7(12)6-3-2-4-11-9(6)10/h2-4,7,12H,5H2,1H3/t7-/m1/s1. The predicted octanol–water partition coefficient (Wildman–Crippen LogP) is 1.33. The third-order valence-electron chi connectivity index (χ3n) is 1.73. The number of aromatic nitrogens is 1. The third kappa shape index (κ3) is 2.68. The van der Waals surface area contributed by atoms with Crippen LogP contribution in [0.25, 0.3) is 0 Å². The summed E-state index contributed by atoms with van der Waals surface area (Å²) in [5, 5.41) is 9.78. The summed E-state index contributed by atoms with van der Waals surface area (Å²) < 4.78 is 4.42. The molecule has 1 N–H and O–H groups in total. The number of hydrogen-bond acceptors (Lipinski definition) is 4. The maximum absolute atomic E-state index is 10.9. The summed E-state index contributed by atoms with van der Waals surface area (Å²) >= 11 is 5.72. The minimum absolute atomic E-state index is 0.123. The zero-order valence-electron chi connectivity index (χ0n) is 7.61. The van der Waals surface area contributed by atoms with Crippen molar-refractivity contribution < 1.29 is 14.6 Å². The number of carbonyl (C=O) groups excluding carboxylic acids is 1. The van der Waals surface area contributed by atoms with Crippen molar-refractivity contribution in [3.8, 4) is 0 Å². The zero-order chi connectivity index (χ0) is 10.6. The summed E-state index contributed by atoms with van der Waals surface area (Å²) in [5.74, 6) is -0.489. The van der Waals surface area contributed by atoms with Gasteiger partial charge in [0.15, 0.2) is 0 Å². The summed E-state index contributed by atoms with van der Waals surface area (Å²) in [4.78, 5) is 14.6. The van der Waals surface area contributed by atoms with Crippen LogP contribution in [0.3, 0.4) is 0 Å². The molecule has 0 radical (unpaired) electrons. The highest BCUT2D eigenvalue weighted by molar-refractivity contribution is 6.30. The zero-order valence-corrected chi connectivity index (χ0v) is 8.36. The van der Waals surface area contributed by atoms with E-state index in [1.54, 1.807) is 12.1 Å². The average Bonchev–Trinajstić information content (AvgIpc) is 2.18. The van der Waals surface area contributed by atoms with E-state index in [9.17, 15) is 9.90 Å². The van der Waals surface area contributed by atoms with Crippen LogP contribution in [0.1, 0.15) is 18.1 Å². The molecule has 0 aromatic carbocycles. The van der Waals surface area contributed by atoms with Crippen molar-refractivity contribution in [2.24, 2.45) is 0 Å². The monoisotopic (exact) mass is 215 g/mol. The van der Waals surface area contributed by atoms with Gasteiger partial charge in [-0.15, -0.1) is 0 Å². The quantitative estimate of drug-likeness (QED) is 0.611. The lowest BCUT2D eigenvalue weighted by Crippen LogP contribution is -2.08. The molecule has 0 aliphatic carbocycles. The van der Waals surface area contributed by atoms with E-state index in [-0.39, 0.29) is 11.6 Å². The first kappa shape index (κ1) is 10.9. The number of ether oxygens (including phenoxy) is 1. The Labute approximate surface area is 86.5 Å². The Morgan fingerprint density at radius 1 is 1.79 bits per heavy atom.